The van der Waals surface area contributed by atoms with Crippen LogP contribution < -0.4 is 9.44 Å². The van der Waals surface area contributed by atoms with Crippen molar-refractivity contribution < 1.29 is 27.0 Å². The number of hydrogen-bond donors (Lipinski definition) is 2. The highest BCUT2D eigenvalue weighted by Gasteiger charge is 2.47. The maximum absolute atomic E-state index is 14.6. The van der Waals surface area contributed by atoms with Gasteiger partial charge in [-0.05, 0) is 119 Å². The average Bonchev–Trinajstić information content (AvgIpc) is 3.99. The van der Waals surface area contributed by atoms with E-state index in [1.165, 1.54) is 12.1 Å². The van der Waals surface area contributed by atoms with Gasteiger partial charge in [-0.1, -0.05) is 0 Å². The number of nitriles is 2. The van der Waals surface area contributed by atoms with Crippen molar-refractivity contribution in [2.75, 3.05) is 0 Å². The van der Waals surface area contributed by atoms with E-state index >= 15 is 0 Å². The highest BCUT2D eigenvalue weighted by Crippen LogP contribution is 2.52. The number of nitro groups is 2. The molecule has 16 heteroatoms. The highest BCUT2D eigenvalue weighted by molar-refractivity contribution is 7.84. The molecule has 52 heavy (non-hydrogen) atoms. The summed E-state index contributed by atoms with van der Waals surface area (Å²) in [6, 6.07) is 11.3. The van der Waals surface area contributed by atoms with Gasteiger partial charge in [0.15, 0.2) is 0 Å². The lowest BCUT2D eigenvalue weighted by Crippen LogP contribution is -2.47. The number of hydrogen-bond acceptors (Lipinski definition) is 8. The van der Waals surface area contributed by atoms with Crippen molar-refractivity contribution in [2.45, 2.75) is 127 Å². The zero-order valence-electron chi connectivity index (χ0n) is 30.9. The molecule has 4 rings (SSSR count). The third-order valence-electron chi connectivity index (χ3n) is 9.65. The molecule has 4 atom stereocenters. The molecule has 0 radical (unpaired) electrons. The average molecular weight is 763 g/mol. The van der Waals surface area contributed by atoms with Crippen molar-refractivity contribution >= 4 is 33.3 Å². The predicted molar refractivity (Wildman–Crippen MR) is 196 cm³/mol. The first-order valence-corrected chi connectivity index (χ1v) is 19.3. The van der Waals surface area contributed by atoms with Gasteiger partial charge in [0.1, 0.15) is 11.6 Å². The quantitative estimate of drug-likeness (QED) is 0.142. The molecule has 0 amide bonds. The van der Waals surface area contributed by atoms with Gasteiger partial charge >= 0.3 is 0 Å². The van der Waals surface area contributed by atoms with Crippen LogP contribution in [-0.4, -0.2) is 27.8 Å². The molecule has 0 saturated heterocycles. The smallest absolute Gasteiger partial charge is 0.258 e. The van der Waals surface area contributed by atoms with E-state index < -0.39 is 74.9 Å². The fourth-order valence-electron chi connectivity index (χ4n) is 5.41. The van der Waals surface area contributed by atoms with Gasteiger partial charge < -0.3 is 0 Å². The Kier molecular flexibility index (Phi) is 12.9. The van der Waals surface area contributed by atoms with Crippen molar-refractivity contribution in [1.29, 1.82) is 10.5 Å². The van der Waals surface area contributed by atoms with E-state index in [1.54, 1.807) is 55.4 Å². The summed E-state index contributed by atoms with van der Waals surface area (Å²) in [6.45, 7) is 14.1. The second-order valence-electron chi connectivity index (χ2n) is 16.3. The molecule has 2 aromatic carbocycles. The van der Waals surface area contributed by atoms with Gasteiger partial charge in [-0.25, -0.2) is 26.6 Å². The molecule has 0 aromatic heterocycles. The minimum atomic E-state index is -1.51. The van der Waals surface area contributed by atoms with Crippen molar-refractivity contribution in [3.63, 3.8) is 0 Å². The second-order valence-corrected chi connectivity index (χ2v) is 20.2. The molecule has 2 aliphatic rings. The predicted octanol–water partition coefficient (Wildman–Crippen LogP) is 8.17. The standard InChI is InChI=1S/2C18H24FN3O3S/c2*1-16(2,3)26(25)21-17(4,7-8-18(12-20)9-10-18)14-11-13(22(23)24)5-6-15(14)19/h2*5-6,11,21H,7-10H2,1-4H3/t17-,26+;17-,26-/m01/s1. The van der Waals surface area contributed by atoms with Gasteiger partial charge in [-0.3, -0.25) is 20.2 Å². The Morgan fingerprint density at radius 1 is 0.692 bits per heavy atom. The maximum Gasteiger partial charge on any atom is 0.269 e. The van der Waals surface area contributed by atoms with Crippen LogP contribution in [0.4, 0.5) is 20.2 Å². The normalized spacial score (nSPS) is 19.2. The molecular weight excluding hydrogens is 715 g/mol. The van der Waals surface area contributed by atoms with E-state index in [0.717, 1.165) is 49.9 Å². The van der Waals surface area contributed by atoms with Crippen LogP contribution in [0.3, 0.4) is 0 Å². The number of nitro benzene ring substituents is 2. The van der Waals surface area contributed by atoms with Crippen LogP contribution in [0.15, 0.2) is 36.4 Å². The first kappa shape index (κ1) is 42.7. The van der Waals surface area contributed by atoms with Crippen LogP contribution in [0, 0.1) is 65.4 Å². The Balaban J connectivity index is 0.000000280. The van der Waals surface area contributed by atoms with E-state index in [0.29, 0.717) is 25.7 Å². The molecule has 2 aromatic rings. The van der Waals surface area contributed by atoms with Gasteiger partial charge in [0.2, 0.25) is 0 Å². The van der Waals surface area contributed by atoms with Crippen LogP contribution in [0.1, 0.15) is 118 Å². The van der Waals surface area contributed by atoms with Gasteiger partial charge in [0, 0.05) is 35.4 Å². The largest absolute Gasteiger partial charge is 0.269 e. The van der Waals surface area contributed by atoms with Crippen molar-refractivity contribution in [2.24, 2.45) is 10.8 Å². The monoisotopic (exact) mass is 762 g/mol. The van der Waals surface area contributed by atoms with Crippen LogP contribution >= 0.6 is 0 Å². The Bertz CT molecular complexity index is 1690. The van der Waals surface area contributed by atoms with E-state index in [-0.39, 0.29) is 22.5 Å². The number of benzene rings is 2. The lowest BCUT2D eigenvalue weighted by molar-refractivity contribution is -0.385. The van der Waals surface area contributed by atoms with Gasteiger partial charge in [0.25, 0.3) is 11.4 Å². The Morgan fingerprint density at radius 3 is 1.23 bits per heavy atom. The summed E-state index contributed by atoms with van der Waals surface area (Å²) in [6.07, 6.45) is 4.88. The first-order valence-electron chi connectivity index (χ1n) is 17.0. The lowest BCUT2D eigenvalue weighted by Gasteiger charge is -2.34. The van der Waals surface area contributed by atoms with Gasteiger partial charge in [0.05, 0.1) is 75.4 Å². The summed E-state index contributed by atoms with van der Waals surface area (Å²) in [5.41, 5.74) is -3.28. The molecular formula is C36H48F2N6O6S2. The molecule has 2 saturated carbocycles. The SMILES string of the molecule is CC(C)(C)[S@@](=O)N[C@@](C)(CCC1(C#N)CC1)c1cc([N+](=O)[O-])ccc1F.CC(C)(C)[S@@](=O)N[C@](C)(CCC1(C#N)CC1)c1cc([N+](=O)[O-])ccc1F. The Labute approximate surface area is 309 Å². The number of nitrogens with one attached hydrogen (secondary N) is 2. The number of halogens is 2. The molecule has 12 nitrogen and oxygen atoms in total. The van der Waals surface area contributed by atoms with E-state index in [2.05, 4.69) is 21.6 Å². The maximum atomic E-state index is 14.6. The van der Waals surface area contributed by atoms with Crippen molar-refractivity contribution in [1.82, 2.24) is 9.44 Å². The molecule has 0 bridgehead atoms. The molecule has 284 valence electrons. The fourth-order valence-corrected chi connectivity index (χ4v) is 7.27. The van der Waals surface area contributed by atoms with E-state index in [1.807, 2.05) is 0 Å². The van der Waals surface area contributed by atoms with Crippen molar-refractivity contribution in [3.05, 3.63) is 79.4 Å². The molecule has 0 heterocycles. The fraction of sp³-hybridized carbons (Fsp3) is 0.611. The molecule has 2 fully saturated rings. The van der Waals surface area contributed by atoms with Crippen LogP contribution in [0.2, 0.25) is 0 Å². The van der Waals surface area contributed by atoms with Crippen LogP contribution in [-0.2, 0) is 33.0 Å². The third kappa shape index (κ3) is 10.7. The number of nitrogens with zero attached hydrogens (tertiary/aromatic N) is 4. The highest BCUT2D eigenvalue weighted by atomic mass is 32.2. The summed E-state index contributed by atoms with van der Waals surface area (Å²) in [5, 5.41) is 40.8. The third-order valence-corrected chi connectivity index (χ3v) is 13.1. The van der Waals surface area contributed by atoms with Crippen LogP contribution in [0.25, 0.3) is 0 Å². The van der Waals surface area contributed by atoms with Crippen molar-refractivity contribution in [3.8, 4) is 12.1 Å². The van der Waals surface area contributed by atoms with Gasteiger partial charge in [-0.15, -0.1) is 0 Å². The molecule has 0 unspecified atom stereocenters. The van der Waals surface area contributed by atoms with Crippen LogP contribution in [0.5, 0.6) is 0 Å². The number of rotatable bonds is 14. The molecule has 0 spiro atoms. The number of non-ortho nitro benzene ring substituents is 2. The second kappa shape index (κ2) is 15.7. The zero-order chi connectivity index (χ0) is 39.5. The minimum Gasteiger partial charge on any atom is -0.258 e. The van der Waals surface area contributed by atoms with Gasteiger partial charge in [-0.2, -0.15) is 10.5 Å². The summed E-state index contributed by atoms with van der Waals surface area (Å²) in [4.78, 5) is 21.0. The summed E-state index contributed by atoms with van der Waals surface area (Å²) < 4.78 is 59.3. The molecule has 2 N–H and O–H groups in total. The zero-order valence-corrected chi connectivity index (χ0v) is 32.6. The summed E-state index contributed by atoms with van der Waals surface area (Å²) >= 11 is 0. The molecule has 2 aliphatic carbocycles. The Hall–Kier alpha value is -3.70. The minimum absolute atomic E-state index is 0.0954. The Morgan fingerprint density at radius 2 is 1.00 bits per heavy atom. The first-order chi connectivity index (χ1) is 23.8. The lowest BCUT2D eigenvalue weighted by atomic mass is 9.84. The topological polar surface area (TPSA) is 192 Å². The summed E-state index contributed by atoms with van der Waals surface area (Å²) in [7, 11) is -3.02. The van der Waals surface area contributed by atoms with E-state index in [9.17, 15) is 48.0 Å². The van der Waals surface area contributed by atoms with E-state index in [4.69, 9.17) is 0 Å². The molecule has 0 aliphatic heterocycles. The summed E-state index contributed by atoms with van der Waals surface area (Å²) in [5.74, 6) is -1.20.